The molecule has 0 aromatic heterocycles. The van der Waals surface area contributed by atoms with Gasteiger partial charge in [0.05, 0.1) is 0 Å². The molecule has 1 aliphatic rings. The first-order chi connectivity index (χ1) is 8.70. The molecule has 0 aliphatic heterocycles. The van der Waals surface area contributed by atoms with E-state index in [4.69, 9.17) is 5.73 Å². The second kappa shape index (κ2) is 8.92. The van der Waals surface area contributed by atoms with Crippen LogP contribution in [-0.4, -0.2) is 18.6 Å². The Labute approximate surface area is 114 Å². The van der Waals surface area contributed by atoms with Gasteiger partial charge in [-0.1, -0.05) is 52.4 Å². The Balaban J connectivity index is 2.09. The molecule has 18 heavy (non-hydrogen) atoms. The third-order valence-corrected chi connectivity index (χ3v) is 4.63. The smallest absolute Gasteiger partial charge is 0.0166 e. The summed E-state index contributed by atoms with van der Waals surface area (Å²) >= 11 is 0. The van der Waals surface area contributed by atoms with E-state index in [0.29, 0.717) is 0 Å². The predicted octanol–water partition coefficient (Wildman–Crippen LogP) is 3.84. The topological polar surface area (TPSA) is 38.0 Å². The molecular formula is C16H34N2. The molecule has 2 nitrogen and oxygen atoms in total. The lowest BCUT2D eigenvalue weighted by molar-refractivity contribution is 0.271. The minimum absolute atomic E-state index is 0.149. The maximum absolute atomic E-state index is 6.45. The Morgan fingerprint density at radius 1 is 1.17 bits per heavy atom. The summed E-state index contributed by atoms with van der Waals surface area (Å²) in [5.74, 6) is 0.866. The van der Waals surface area contributed by atoms with E-state index >= 15 is 0 Å². The van der Waals surface area contributed by atoms with Gasteiger partial charge in [-0.25, -0.2) is 0 Å². The van der Waals surface area contributed by atoms with Crippen molar-refractivity contribution < 1.29 is 0 Å². The molecule has 1 atom stereocenters. The zero-order chi connectivity index (χ0) is 13.3. The average Bonchev–Trinajstić information content (AvgIpc) is 2.39. The highest BCUT2D eigenvalue weighted by Gasteiger charge is 2.26. The predicted molar refractivity (Wildman–Crippen MR) is 80.8 cm³/mol. The summed E-state index contributed by atoms with van der Waals surface area (Å²) in [4.78, 5) is 0. The molecule has 1 rings (SSSR count). The first kappa shape index (κ1) is 16.0. The molecule has 0 aromatic rings. The Morgan fingerprint density at radius 3 is 2.50 bits per heavy atom. The van der Waals surface area contributed by atoms with Crippen molar-refractivity contribution in [3.05, 3.63) is 0 Å². The number of nitrogens with two attached hydrogens (primary N) is 1. The van der Waals surface area contributed by atoms with Gasteiger partial charge in [-0.3, -0.25) is 0 Å². The van der Waals surface area contributed by atoms with Gasteiger partial charge < -0.3 is 11.1 Å². The summed E-state index contributed by atoms with van der Waals surface area (Å²) < 4.78 is 0. The molecule has 0 saturated heterocycles. The van der Waals surface area contributed by atoms with Crippen molar-refractivity contribution >= 4 is 0 Å². The van der Waals surface area contributed by atoms with Crippen molar-refractivity contribution in [2.45, 2.75) is 83.6 Å². The minimum Gasteiger partial charge on any atom is -0.325 e. The van der Waals surface area contributed by atoms with E-state index in [2.05, 4.69) is 19.2 Å². The molecule has 0 spiro atoms. The fraction of sp³-hybridized carbons (Fsp3) is 1.00. The van der Waals surface area contributed by atoms with Gasteiger partial charge in [-0.15, -0.1) is 0 Å². The lowest BCUT2D eigenvalue weighted by atomic mass is 9.80. The van der Waals surface area contributed by atoms with Crippen LogP contribution in [0.25, 0.3) is 0 Å². The van der Waals surface area contributed by atoms with Crippen LogP contribution in [0.2, 0.25) is 0 Å². The number of hydrogen-bond donors (Lipinski definition) is 2. The standard InChI is InChI=1S/C16H34N2/c1-3-5-9-15(4-2)14-18-13-12-16(17)10-7-6-8-11-16/h15,18H,3-14,17H2,1-2H3. The first-order valence-corrected chi connectivity index (χ1v) is 8.20. The van der Waals surface area contributed by atoms with Crippen LogP contribution in [0.5, 0.6) is 0 Å². The van der Waals surface area contributed by atoms with Gasteiger partial charge >= 0.3 is 0 Å². The van der Waals surface area contributed by atoms with E-state index in [0.717, 1.165) is 18.9 Å². The fourth-order valence-electron chi connectivity index (χ4n) is 3.09. The summed E-state index contributed by atoms with van der Waals surface area (Å²) in [6.07, 6.45) is 13.1. The van der Waals surface area contributed by atoms with Crippen molar-refractivity contribution in [2.24, 2.45) is 11.7 Å². The normalized spacial score (nSPS) is 20.8. The fourth-order valence-corrected chi connectivity index (χ4v) is 3.09. The highest BCUT2D eigenvalue weighted by Crippen LogP contribution is 2.28. The van der Waals surface area contributed by atoms with Crippen LogP contribution in [0.4, 0.5) is 0 Å². The van der Waals surface area contributed by atoms with E-state index in [1.165, 1.54) is 64.3 Å². The molecule has 2 heteroatoms. The van der Waals surface area contributed by atoms with Crippen molar-refractivity contribution in [1.82, 2.24) is 5.32 Å². The number of rotatable bonds is 9. The quantitative estimate of drug-likeness (QED) is 0.613. The highest BCUT2D eigenvalue weighted by atomic mass is 14.9. The third-order valence-electron chi connectivity index (χ3n) is 4.63. The number of unbranched alkanes of at least 4 members (excludes halogenated alkanes) is 1. The summed E-state index contributed by atoms with van der Waals surface area (Å²) in [5, 5.41) is 3.64. The Kier molecular flexibility index (Phi) is 7.92. The molecule has 0 aromatic carbocycles. The van der Waals surface area contributed by atoms with E-state index in [-0.39, 0.29) is 5.54 Å². The zero-order valence-corrected chi connectivity index (χ0v) is 12.6. The molecule has 0 bridgehead atoms. The molecule has 108 valence electrons. The second-order valence-electron chi connectivity index (χ2n) is 6.29. The van der Waals surface area contributed by atoms with Gasteiger partial charge in [-0.2, -0.15) is 0 Å². The Hall–Kier alpha value is -0.0800. The van der Waals surface area contributed by atoms with Crippen LogP contribution in [0.1, 0.15) is 78.1 Å². The lowest BCUT2D eigenvalue weighted by Crippen LogP contribution is -2.44. The molecule has 1 unspecified atom stereocenters. The summed E-state index contributed by atoms with van der Waals surface area (Å²) in [6, 6.07) is 0. The van der Waals surface area contributed by atoms with Crippen molar-refractivity contribution in [3.63, 3.8) is 0 Å². The van der Waals surface area contributed by atoms with E-state index in [9.17, 15) is 0 Å². The molecule has 0 heterocycles. The largest absolute Gasteiger partial charge is 0.325 e. The third kappa shape index (κ3) is 6.19. The molecule has 1 saturated carbocycles. The SMILES string of the molecule is CCCCC(CC)CNCCC1(N)CCCCC1. The lowest BCUT2D eigenvalue weighted by Gasteiger charge is -2.33. The van der Waals surface area contributed by atoms with Gasteiger partial charge in [0.25, 0.3) is 0 Å². The zero-order valence-electron chi connectivity index (χ0n) is 12.6. The molecule has 3 N–H and O–H groups in total. The van der Waals surface area contributed by atoms with Crippen LogP contribution in [0, 0.1) is 5.92 Å². The summed E-state index contributed by atoms with van der Waals surface area (Å²) in [6.45, 7) is 6.89. The summed E-state index contributed by atoms with van der Waals surface area (Å²) in [7, 11) is 0. The van der Waals surface area contributed by atoms with E-state index < -0.39 is 0 Å². The molecule has 1 aliphatic carbocycles. The van der Waals surface area contributed by atoms with E-state index in [1.807, 2.05) is 0 Å². The van der Waals surface area contributed by atoms with Gasteiger partial charge in [-0.05, 0) is 44.7 Å². The van der Waals surface area contributed by atoms with Crippen LogP contribution < -0.4 is 11.1 Å². The minimum atomic E-state index is 0.149. The Morgan fingerprint density at radius 2 is 1.89 bits per heavy atom. The maximum atomic E-state index is 6.45. The number of nitrogens with one attached hydrogen (secondary N) is 1. The Bertz CT molecular complexity index is 197. The monoisotopic (exact) mass is 254 g/mol. The molecule has 0 radical (unpaired) electrons. The van der Waals surface area contributed by atoms with Crippen molar-refractivity contribution in [3.8, 4) is 0 Å². The van der Waals surface area contributed by atoms with Gasteiger partial charge in [0, 0.05) is 5.54 Å². The highest BCUT2D eigenvalue weighted by molar-refractivity contribution is 4.87. The number of hydrogen-bond acceptors (Lipinski definition) is 2. The van der Waals surface area contributed by atoms with E-state index in [1.54, 1.807) is 0 Å². The average molecular weight is 254 g/mol. The van der Waals surface area contributed by atoms with Crippen molar-refractivity contribution in [1.29, 1.82) is 0 Å². The van der Waals surface area contributed by atoms with Crippen molar-refractivity contribution in [2.75, 3.05) is 13.1 Å². The maximum Gasteiger partial charge on any atom is 0.0166 e. The van der Waals surface area contributed by atoms with Crippen LogP contribution in [-0.2, 0) is 0 Å². The second-order valence-corrected chi connectivity index (χ2v) is 6.29. The van der Waals surface area contributed by atoms with Crippen LogP contribution in [0.3, 0.4) is 0 Å². The van der Waals surface area contributed by atoms with Crippen LogP contribution >= 0.6 is 0 Å². The first-order valence-electron chi connectivity index (χ1n) is 8.20. The van der Waals surface area contributed by atoms with Crippen LogP contribution in [0.15, 0.2) is 0 Å². The molecule has 0 amide bonds. The molecular weight excluding hydrogens is 220 g/mol. The van der Waals surface area contributed by atoms with Gasteiger partial charge in [0.1, 0.15) is 0 Å². The van der Waals surface area contributed by atoms with Gasteiger partial charge in [0.15, 0.2) is 0 Å². The van der Waals surface area contributed by atoms with Gasteiger partial charge in [0.2, 0.25) is 0 Å². The molecule has 1 fully saturated rings. The summed E-state index contributed by atoms with van der Waals surface area (Å²) in [5.41, 5.74) is 6.60.